The van der Waals surface area contributed by atoms with Gasteiger partial charge in [0, 0.05) is 20.6 Å². The van der Waals surface area contributed by atoms with Crippen LogP contribution in [0.4, 0.5) is 0 Å². The first-order chi connectivity index (χ1) is 10.1. The van der Waals surface area contributed by atoms with Crippen molar-refractivity contribution in [1.29, 1.82) is 0 Å². The van der Waals surface area contributed by atoms with Crippen LogP contribution in [0.5, 0.6) is 0 Å². The van der Waals surface area contributed by atoms with E-state index in [1.54, 1.807) is 14.2 Å². The molecule has 0 radical (unpaired) electrons. The van der Waals surface area contributed by atoms with Crippen molar-refractivity contribution >= 4 is 12.6 Å². The highest BCUT2D eigenvalue weighted by Crippen LogP contribution is 2.28. The van der Waals surface area contributed by atoms with Gasteiger partial charge >= 0.3 is 7.12 Å². The maximum Gasteiger partial charge on any atom is 0.493 e. The van der Waals surface area contributed by atoms with Crippen LogP contribution in [0.3, 0.4) is 0 Å². The Bertz CT molecular complexity index is 450. The Balaban J connectivity index is 2.13. The maximum absolute atomic E-state index is 6.22. The molecule has 0 aliphatic carbocycles. The van der Waals surface area contributed by atoms with Crippen LogP contribution in [0.2, 0.25) is 0 Å². The molecule has 0 spiro atoms. The molecule has 0 aromatic heterocycles. The number of hydrogen-bond donors (Lipinski definition) is 0. The molecular formula is C16H25BO4. The molecule has 4 nitrogen and oxygen atoms in total. The van der Waals surface area contributed by atoms with Crippen molar-refractivity contribution in [2.24, 2.45) is 0 Å². The van der Waals surface area contributed by atoms with Crippen molar-refractivity contribution in [1.82, 2.24) is 0 Å². The molecule has 1 aromatic rings. The predicted octanol–water partition coefficient (Wildman–Crippen LogP) is 2.32. The molecule has 1 aliphatic rings. The van der Waals surface area contributed by atoms with Crippen LogP contribution >= 0.6 is 0 Å². The first kappa shape index (κ1) is 16.5. The summed E-state index contributed by atoms with van der Waals surface area (Å²) < 4.78 is 22.7. The summed E-state index contributed by atoms with van der Waals surface area (Å²) in [6.45, 7) is 6.22. The van der Waals surface area contributed by atoms with Crippen molar-refractivity contribution in [3.8, 4) is 0 Å². The van der Waals surface area contributed by atoms with Gasteiger partial charge in [0.1, 0.15) is 0 Å². The summed E-state index contributed by atoms with van der Waals surface area (Å²) in [5.74, 6) is 0. The van der Waals surface area contributed by atoms with Crippen LogP contribution in [-0.4, -0.2) is 39.6 Å². The lowest BCUT2D eigenvalue weighted by molar-refractivity contribution is -0.0433. The smallest absolute Gasteiger partial charge is 0.410 e. The second kappa shape index (κ2) is 7.41. The summed E-state index contributed by atoms with van der Waals surface area (Å²) in [6.07, 6.45) is 1.43. The van der Waals surface area contributed by atoms with Gasteiger partial charge in [-0.3, -0.25) is 0 Å². The first-order valence-electron chi connectivity index (χ1n) is 7.52. The van der Waals surface area contributed by atoms with E-state index < -0.39 is 0 Å². The van der Waals surface area contributed by atoms with Crippen molar-refractivity contribution < 1.29 is 18.8 Å². The standard InChI is InChI=1S/C16H25BO4/c1-11-10-16(13(3)20-11)21-12(2)14-8-6-7-9-15(14)17(18-4)19-5/h6-9,11-13,16H,10H2,1-5H3/t11-,12?,13+,16+/m0/s1. The Kier molecular flexibility index (Phi) is 5.82. The fourth-order valence-corrected chi connectivity index (χ4v) is 2.98. The molecule has 1 heterocycles. The van der Waals surface area contributed by atoms with Gasteiger partial charge in [-0.1, -0.05) is 24.3 Å². The van der Waals surface area contributed by atoms with Crippen molar-refractivity contribution in [3.63, 3.8) is 0 Å². The average Bonchev–Trinajstić information content (AvgIpc) is 2.78. The fraction of sp³-hybridized carbons (Fsp3) is 0.625. The molecule has 0 bridgehead atoms. The summed E-state index contributed by atoms with van der Waals surface area (Å²) in [5.41, 5.74) is 2.10. The molecule has 1 aliphatic heterocycles. The molecule has 0 amide bonds. The number of benzene rings is 1. The molecule has 0 N–H and O–H groups in total. The second-order valence-electron chi connectivity index (χ2n) is 5.64. The van der Waals surface area contributed by atoms with Crippen molar-refractivity contribution in [3.05, 3.63) is 29.8 Å². The van der Waals surface area contributed by atoms with Crippen molar-refractivity contribution in [2.45, 2.75) is 51.6 Å². The molecule has 1 fully saturated rings. The Labute approximate surface area is 127 Å². The van der Waals surface area contributed by atoms with Gasteiger partial charge in [0.25, 0.3) is 0 Å². The van der Waals surface area contributed by atoms with Crippen molar-refractivity contribution in [2.75, 3.05) is 14.2 Å². The van der Waals surface area contributed by atoms with E-state index in [0.717, 1.165) is 17.4 Å². The molecule has 2 rings (SSSR count). The lowest BCUT2D eigenvalue weighted by Gasteiger charge is -2.24. The quantitative estimate of drug-likeness (QED) is 0.754. The SMILES string of the molecule is COB(OC)c1ccccc1C(C)O[C@@H]1C[C@H](C)O[C@@H]1C. The van der Waals surface area contributed by atoms with Gasteiger partial charge in [-0.25, -0.2) is 0 Å². The minimum Gasteiger partial charge on any atom is -0.410 e. The Morgan fingerprint density at radius 1 is 1.19 bits per heavy atom. The topological polar surface area (TPSA) is 36.9 Å². The van der Waals surface area contributed by atoms with E-state index in [4.69, 9.17) is 18.8 Å². The van der Waals surface area contributed by atoms with Crippen LogP contribution in [0.25, 0.3) is 0 Å². The lowest BCUT2D eigenvalue weighted by Crippen LogP contribution is -2.38. The zero-order valence-corrected chi connectivity index (χ0v) is 13.5. The van der Waals surface area contributed by atoms with E-state index in [2.05, 4.69) is 26.8 Å². The second-order valence-corrected chi connectivity index (χ2v) is 5.64. The molecule has 4 atom stereocenters. The molecule has 1 aromatic carbocycles. The molecule has 21 heavy (non-hydrogen) atoms. The van der Waals surface area contributed by atoms with Gasteiger partial charge in [-0.15, -0.1) is 0 Å². The van der Waals surface area contributed by atoms with Crippen LogP contribution in [0.15, 0.2) is 24.3 Å². The van der Waals surface area contributed by atoms with Crippen LogP contribution in [-0.2, 0) is 18.8 Å². The zero-order valence-electron chi connectivity index (χ0n) is 13.5. The Morgan fingerprint density at radius 2 is 1.86 bits per heavy atom. The lowest BCUT2D eigenvalue weighted by atomic mass is 9.75. The van der Waals surface area contributed by atoms with Gasteiger partial charge in [0.15, 0.2) is 0 Å². The summed E-state index contributed by atoms with van der Waals surface area (Å²) in [6, 6.07) is 8.08. The third-order valence-electron chi connectivity index (χ3n) is 4.03. The van der Waals surface area contributed by atoms with Crippen LogP contribution < -0.4 is 5.46 Å². The third-order valence-corrected chi connectivity index (χ3v) is 4.03. The van der Waals surface area contributed by atoms with Gasteiger partial charge in [0.05, 0.1) is 24.4 Å². The largest absolute Gasteiger partial charge is 0.493 e. The van der Waals surface area contributed by atoms with Gasteiger partial charge in [0.2, 0.25) is 0 Å². The molecule has 116 valence electrons. The first-order valence-corrected chi connectivity index (χ1v) is 7.52. The number of hydrogen-bond acceptors (Lipinski definition) is 4. The van der Waals surface area contributed by atoms with E-state index in [9.17, 15) is 0 Å². The molecule has 0 saturated carbocycles. The molecule has 1 unspecified atom stereocenters. The summed E-state index contributed by atoms with van der Waals surface area (Å²) in [7, 11) is 2.92. The minimum atomic E-state index is -0.372. The summed E-state index contributed by atoms with van der Waals surface area (Å²) in [5, 5.41) is 0. The van der Waals surface area contributed by atoms with E-state index in [1.165, 1.54) is 0 Å². The van der Waals surface area contributed by atoms with Gasteiger partial charge in [-0.05, 0) is 31.8 Å². The van der Waals surface area contributed by atoms with Crippen LogP contribution in [0, 0.1) is 0 Å². The summed E-state index contributed by atoms with van der Waals surface area (Å²) in [4.78, 5) is 0. The maximum atomic E-state index is 6.22. The van der Waals surface area contributed by atoms with Crippen LogP contribution in [0.1, 0.15) is 38.9 Å². The molecular weight excluding hydrogens is 267 g/mol. The van der Waals surface area contributed by atoms with E-state index in [-0.39, 0.29) is 31.5 Å². The summed E-state index contributed by atoms with van der Waals surface area (Å²) >= 11 is 0. The number of rotatable bonds is 6. The highest BCUT2D eigenvalue weighted by molar-refractivity contribution is 6.61. The highest BCUT2D eigenvalue weighted by Gasteiger charge is 2.33. The monoisotopic (exact) mass is 292 g/mol. The average molecular weight is 292 g/mol. The normalized spacial score (nSPS) is 26.8. The number of ether oxygens (including phenoxy) is 2. The van der Waals surface area contributed by atoms with Gasteiger partial charge < -0.3 is 18.8 Å². The van der Waals surface area contributed by atoms with Gasteiger partial charge in [-0.2, -0.15) is 0 Å². The molecule has 1 saturated heterocycles. The third kappa shape index (κ3) is 3.86. The molecule has 5 heteroatoms. The van der Waals surface area contributed by atoms with E-state index >= 15 is 0 Å². The van der Waals surface area contributed by atoms with E-state index in [1.807, 2.05) is 18.2 Å². The minimum absolute atomic E-state index is 0.0321. The Morgan fingerprint density at radius 3 is 2.43 bits per heavy atom. The fourth-order valence-electron chi connectivity index (χ4n) is 2.98. The Hall–Kier alpha value is -0.875. The van der Waals surface area contributed by atoms with E-state index in [0.29, 0.717) is 0 Å². The highest BCUT2D eigenvalue weighted by atomic mass is 16.6. The zero-order chi connectivity index (χ0) is 15.4. The predicted molar refractivity (Wildman–Crippen MR) is 83.8 cm³/mol.